The predicted molar refractivity (Wildman–Crippen MR) is 242 cm³/mol. The summed E-state index contributed by atoms with van der Waals surface area (Å²) < 4.78 is 27.1. The van der Waals surface area contributed by atoms with Crippen molar-refractivity contribution in [3.63, 3.8) is 0 Å². The van der Waals surface area contributed by atoms with Crippen molar-refractivity contribution in [1.29, 1.82) is 0 Å². The molecule has 0 saturated carbocycles. The molecule has 54 heavy (non-hydrogen) atoms. The minimum atomic E-state index is -1.81. The minimum Gasteiger partial charge on any atom is -0.417 e. The Balaban J connectivity index is 2.88. The molecule has 0 bridgehead atoms. The molecule has 0 aromatic heterocycles. The van der Waals surface area contributed by atoms with E-state index in [9.17, 15) is 4.79 Å². The molecule has 1 aromatic rings. The molecular weight excluding hydrogens is 717 g/mol. The lowest BCUT2D eigenvalue weighted by Gasteiger charge is -2.39. The van der Waals surface area contributed by atoms with Crippen molar-refractivity contribution >= 4 is 30.7 Å². The van der Waals surface area contributed by atoms with E-state index in [4.69, 9.17) is 18.0 Å². The van der Waals surface area contributed by atoms with E-state index in [1.165, 1.54) is 5.56 Å². The van der Waals surface area contributed by atoms with Gasteiger partial charge in [-0.15, -0.1) is 0 Å². The quantitative estimate of drug-likeness (QED) is 0.0552. The summed E-state index contributed by atoms with van der Waals surface area (Å²) in [6.07, 6.45) is 7.76. The standard InChI is InChI=1S/C46H90O5Si3/c1-16-53(17-2,18-3)50-44(34-29-38(7)36-49-52(14,15)46(11,12)13)39(8)30-32-43(47)33-31-41(10)45(51-54(19-4,20-5)21-6)40(9)26-25-35-48-37-42-27-23-22-24-28-42/h22-24,27-28,38-41,44-45H,16-21,25-26,29-37H2,1-15H3/t38-,39+,40+,41-,44-,45-/m0/s1. The third-order valence-corrected chi connectivity index (χ3v) is 27.5. The summed E-state index contributed by atoms with van der Waals surface area (Å²) in [5.74, 6) is 2.04. The molecule has 0 fully saturated rings. The van der Waals surface area contributed by atoms with Crippen molar-refractivity contribution in [2.24, 2.45) is 23.7 Å². The second-order valence-electron chi connectivity index (χ2n) is 18.7. The number of Topliss-reactive ketones (excluding diaryl/α,β-unsaturated/α-hetero) is 1. The number of ether oxygens (including phenoxy) is 1. The molecule has 0 saturated heterocycles. The van der Waals surface area contributed by atoms with Crippen LogP contribution in [-0.4, -0.2) is 56.2 Å². The Morgan fingerprint density at radius 1 is 0.667 bits per heavy atom. The van der Waals surface area contributed by atoms with Crippen LogP contribution in [0.15, 0.2) is 30.3 Å². The fourth-order valence-corrected chi connectivity index (χ4v) is 14.8. The lowest BCUT2D eigenvalue weighted by atomic mass is 9.86. The summed E-state index contributed by atoms with van der Waals surface area (Å²) in [5, 5.41) is 0.225. The topological polar surface area (TPSA) is 54.0 Å². The zero-order chi connectivity index (χ0) is 41.0. The van der Waals surface area contributed by atoms with Crippen LogP contribution in [0.4, 0.5) is 0 Å². The minimum absolute atomic E-state index is 0.188. The molecule has 6 atom stereocenters. The molecular formula is C46H90O5Si3. The van der Waals surface area contributed by atoms with Crippen LogP contribution in [0.1, 0.15) is 147 Å². The van der Waals surface area contributed by atoms with Crippen molar-refractivity contribution in [2.75, 3.05) is 13.2 Å². The van der Waals surface area contributed by atoms with E-state index in [0.717, 1.165) is 88.0 Å². The fourth-order valence-electron chi connectivity index (χ4n) is 7.65. The summed E-state index contributed by atoms with van der Waals surface area (Å²) in [4.78, 5) is 13.6. The molecule has 0 unspecified atom stereocenters. The number of carbonyl (C=O) groups excluding carboxylic acids is 1. The van der Waals surface area contributed by atoms with Crippen LogP contribution in [0.2, 0.25) is 54.4 Å². The normalized spacial score (nSPS) is 16.5. The largest absolute Gasteiger partial charge is 0.417 e. The summed E-state index contributed by atoms with van der Waals surface area (Å²) >= 11 is 0. The lowest BCUT2D eigenvalue weighted by Crippen LogP contribution is -2.44. The molecule has 0 aliphatic rings. The summed E-state index contributed by atoms with van der Waals surface area (Å²) in [6, 6.07) is 17.4. The molecule has 316 valence electrons. The molecule has 0 radical (unpaired) electrons. The number of carbonyl (C=O) groups is 1. The van der Waals surface area contributed by atoms with Crippen LogP contribution in [-0.2, 0) is 29.4 Å². The molecule has 0 N–H and O–H groups in total. The van der Waals surface area contributed by atoms with Gasteiger partial charge in [-0.05, 0) is 122 Å². The van der Waals surface area contributed by atoms with Crippen molar-refractivity contribution in [3.05, 3.63) is 35.9 Å². The van der Waals surface area contributed by atoms with E-state index in [-0.39, 0.29) is 17.2 Å². The van der Waals surface area contributed by atoms with Gasteiger partial charge in [0.15, 0.2) is 25.0 Å². The first-order valence-electron chi connectivity index (χ1n) is 22.5. The molecule has 0 amide bonds. The van der Waals surface area contributed by atoms with Crippen LogP contribution in [0.25, 0.3) is 0 Å². The van der Waals surface area contributed by atoms with Crippen molar-refractivity contribution < 1.29 is 22.8 Å². The average molecular weight is 807 g/mol. The first kappa shape index (κ1) is 51.4. The predicted octanol–water partition coefficient (Wildman–Crippen LogP) is 14.2. The molecule has 0 heterocycles. The Morgan fingerprint density at radius 2 is 1.17 bits per heavy atom. The Bertz CT molecular complexity index is 1100. The van der Waals surface area contributed by atoms with E-state index in [1.807, 2.05) is 6.07 Å². The van der Waals surface area contributed by atoms with Gasteiger partial charge in [0, 0.05) is 32.2 Å². The zero-order valence-electron chi connectivity index (χ0n) is 38.4. The third kappa shape index (κ3) is 17.9. The van der Waals surface area contributed by atoms with Gasteiger partial charge < -0.3 is 18.0 Å². The lowest BCUT2D eigenvalue weighted by molar-refractivity contribution is -0.120. The third-order valence-electron chi connectivity index (χ3n) is 13.7. The fraction of sp³-hybridized carbons (Fsp3) is 0.848. The Morgan fingerprint density at radius 3 is 1.69 bits per heavy atom. The van der Waals surface area contributed by atoms with Gasteiger partial charge in [0.25, 0.3) is 0 Å². The van der Waals surface area contributed by atoms with E-state index < -0.39 is 25.0 Å². The molecule has 0 spiro atoms. The van der Waals surface area contributed by atoms with E-state index in [2.05, 4.69) is 127 Å². The van der Waals surface area contributed by atoms with Gasteiger partial charge in [0.1, 0.15) is 5.78 Å². The van der Waals surface area contributed by atoms with Gasteiger partial charge in [-0.25, -0.2) is 0 Å². The number of hydrogen-bond donors (Lipinski definition) is 0. The number of ketones is 1. The van der Waals surface area contributed by atoms with Crippen molar-refractivity contribution in [2.45, 2.75) is 215 Å². The number of benzene rings is 1. The Hall–Kier alpha value is -0.619. The molecule has 1 rings (SSSR count). The van der Waals surface area contributed by atoms with Crippen LogP contribution in [0.3, 0.4) is 0 Å². The van der Waals surface area contributed by atoms with Crippen LogP contribution >= 0.6 is 0 Å². The second-order valence-corrected chi connectivity index (χ2v) is 33.0. The molecule has 5 nitrogen and oxygen atoms in total. The molecule has 0 aliphatic heterocycles. The monoisotopic (exact) mass is 807 g/mol. The van der Waals surface area contributed by atoms with Gasteiger partial charge in [-0.2, -0.15) is 0 Å². The van der Waals surface area contributed by atoms with Crippen molar-refractivity contribution in [3.8, 4) is 0 Å². The van der Waals surface area contributed by atoms with Gasteiger partial charge >= 0.3 is 0 Å². The van der Waals surface area contributed by atoms with E-state index in [0.29, 0.717) is 48.9 Å². The van der Waals surface area contributed by atoms with Crippen molar-refractivity contribution in [1.82, 2.24) is 0 Å². The smallest absolute Gasteiger partial charge is 0.192 e. The highest BCUT2D eigenvalue weighted by Crippen LogP contribution is 2.38. The highest BCUT2D eigenvalue weighted by Gasteiger charge is 2.39. The molecule has 8 heteroatoms. The highest BCUT2D eigenvalue weighted by molar-refractivity contribution is 6.74. The maximum Gasteiger partial charge on any atom is 0.192 e. The van der Waals surface area contributed by atoms with E-state index in [1.54, 1.807) is 0 Å². The first-order chi connectivity index (χ1) is 25.4. The highest BCUT2D eigenvalue weighted by atomic mass is 28.4. The number of hydrogen-bond acceptors (Lipinski definition) is 5. The first-order valence-corrected chi connectivity index (χ1v) is 30.5. The van der Waals surface area contributed by atoms with Gasteiger partial charge in [-0.1, -0.05) is 120 Å². The van der Waals surface area contributed by atoms with Crippen LogP contribution < -0.4 is 0 Å². The van der Waals surface area contributed by atoms with E-state index >= 15 is 0 Å². The van der Waals surface area contributed by atoms with Crippen LogP contribution in [0.5, 0.6) is 0 Å². The summed E-state index contributed by atoms with van der Waals surface area (Å²) in [5.41, 5.74) is 1.22. The maximum atomic E-state index is 13.6. The SMILES string of the molecule is CC[Si](CC)(CC)O[C@@H]([C@H](C)CCCOCc1ccccc1)[C@@H](C)CCC(=O)CC[C@@H](C)[C@H](CC[C@H](C)CO[Si](C)(C)C(C)(C)C)O[Si](CC)(CC)CC. The van der Waals surface area contributed by atoms with Gasteiger partial charge in [0.2, 0.25) is 0 Å². The second kappa shape index (κ2) is 25.7. The molecule has 1 aromatic carbocycles. The summed E-state index contributed by atoms with van der Waals surface area (Å²) in [7, 11) is -5.36. The maximum absolute atomic E-state index is 13.6. The average Bonchev–Trinajstić information content (AvgIpc) is 3.16. The Labute approximate surface area is 339 Å². The van der Waals surface area contributed by atoms with Crippen LogP contribution in [0, 0.1) is 23.7 Å². The van der Waals surface area contributed by atoms with Gasteiger partial charge in [0.05, 0.1) is 12.7 Å². The molecule has 0 aliphatic carbocycles. The summed E-state index contributed by atoms with van der Waals surface area (Å²) in [6.45, 7) is 37.3. The van der Waals surface area contributed by atoms with Gasteiger partial charge in [-0.3, -0.25) is 4.79 Å². The number of rotatable bonds is 31. The Kier molecular flexibility index (Phi) is 24.4. The zero-order valence-corrected chi connectivity index (χ0v) is 41.4.